The zero-order valence-corrected chi connectivity index (χ0v) is 8.22. The number of hydrazone groups is 1. The minimum atomic E-state index is 0.0922. The fraction of sp³-hybridized carbons (Fsp3) is 0.778. The third kappa shape index (κ3) is 1.84. The highest BCUT2D eigenvalue weighted by Gasteiger charge is 2.25. The van der Waals surface area contributed by atoms with E-state index < -0.39 is 0 Å². The molecule has 0 aromatic heterocycles. The Hall–Kier alpha value is -0.860. The summed E-state index contributed by atoms with van der Waals surface area (Å²) in [6, 6.07) is 0. The number of carbonyl (C=O) groups excluding carboxylic acids is 1. The van der Waals surface area contributed by atoms with Crippen molar-refractivity contribution in [3.8, 4) is 0 Å². The Kier molecular flexibility index (Phi) is 2.22. The molecule has 0 bridgehead atoms. The van der Waals surface area contributed by atoms with Crippen molar-refractivity contribution in [3.63, 3.8) is 0 Å². The van der Waals surface area contributed by atoms with Gasteiger partial charge < -0.3 is 0 Å². The molecule has 0 atom stereocenters. The Morgan fingerprint density at radius 2 is 1.92 bits per heavy atom. The fourth-order valence-electron chi connectivity index (χ4n) is 1.20. The molecule has 0 spiro atoms. The lowest BCUT2D eigenvalue weighted by molar-refractivity contribution is -0.130. The standard InChI is InChI=1S/C9H16N2O/c1-9(2,3)7-5-6-8(12)11(4)10-7/h5-6H2,1-4H3. The zero-order valence-electron chi connectivity index (χ0n) is 8.22. The number of rotatable bonds is 0. The van der Waals surface area contributed by atoms with Crippen LogP contribution in [0.5, 0.6) is 0 Å². The minimum Gasteiger partial charge on any atom is -0.273 e. The van der Waals surface area contributed by atoms with Crippen molar-refractivity contribution < 1.29 is 4.79 Å². The van der Waals surface area contributed by atoms with Gasteiger partial charge in [-0.25, -0.2) is 5.01 Å². The van der Waals surface area contributed by atoms with Gasteiger partial charge in [-0.1, -0.05) is 20.8 Å². The lowest BCUT2D eigenvalue weighted by atomic mass is 9.87. The Bertz CT molecular complexity index is 225. The van der Waals surface area contributed by atoms with Crippen molar-refractivity contribution in [1.29, 1.82) is 0 Å². The number of carbonyl (C=O) groups is 1. The normalized spacial score (nSPS) is 19.5. The molecule has 0 saturated heterocycles. The highest BCUT2D eigenvalue weighted by Crippen LogP contribution is 2.23. The van der Waals surface area contributed by atoms with Gasteiger partial charge in [0, 0.05) is 24.6 Å². The summed E-state index contributed by atoms with van der Waals surface area (Å²) in [5.74, 6) is 0.114. The van der Waals surface area contributed by atoms with E-state index in [4.69, 9.17) is 0 Å². The van der Waals surface area contributed by atoms with Gasteiger partial charge in [-0.2, -0.15) is 5.10 Å². The predicted octanol–water partition coefficient (Wildman–Crippen LogP) is 1.64. The summed E-state index contributed by atoms with van der Waals surface area (Å²) in [6.07, 6.45) is 1.42. The Balaban J connectivity index is 2.82. The van der Waals surface area contributed by atoms with Crippen LogP contribution < -0.4 is 0 Å². The molecule has 0 radical (unpaired) electrons. The minimum absolute atomic E-state index is 0.0922. The molecular weight excluding hydrogens is 152 g/mol. The molecule has 12 heavy (non-hydrogen) atoms. The van der Waals surface area contributed by atoms with Crippen LogP contribution in [0.3, 0.4) is 0 Å². The molecule has 0 unspecified atom stereocenters. The lowest BCUT2D eigenvalue weighted by Gasteiger charge is -2.27. The predicted molar refractivity (Wildman–Crippen MR) is 48.9 cm³/mol. The Morgan fingerprint density at radius 1 is 1.33 bits per heavy atom. The van der Waals surface area contributed by atoms with Crippen molar-refractivity contribution in [3.05, 3.63) is 0 Å². The molecule has 1 heterocycles. The van der Waals surface area contributed by atoms with Crippen LogP contribution in [0.2, 0.25) is 0 Å². The average molecular weight is 168 g/mol. The first-order chi connectivity index (χ1) is 5.41. The lowest BCUT2D eigenvalue weighted by Crippen LogP contribution is -2.33. The van der Waals surface area contributed by atoms with Crippen molar-refractivity contribution in [2.75, 3.05) is 7.05 Å². The summed E-state index contributed by atoms with van der Waals surface area (Å²) in [5.41, 5.74) is 1.21. The zero-order chi connectivity index (χ0) is 9.35. The van der Waals surface area contributed by atoms with Crippen molar-refractivity contribution in [2.24, 2.45) is 10.5 Å². The molecule has 0 N–H and O–H groups in total. The first kappa shape index (κ1) is 9.23. The van der Waals surface area contributed by atoms with Crippen molar-refractivity contribution >= 4 is 11.6 Å². The van der Waals surface area contributed by atoms with Crippen LogP contribution in [0.25, 0.3) is 0 Å². The molecule has 0 fully saturated rings. The smallest absolute Gasteiger partial charge is 0.242 e. The third-order valence-electron chi connectivity index (χ3n) is 2.07. The molecule has 3 nitrogen and oxygen atoms in total. The van der Waals surface area contributed by atoms with Crippen LogP contribution in [0, 0.1) is 5.41 Å². The summed E-state index contributed by atoms with van der Waals surface area (Å²) in [6.45, 7) is 6.36. The van der Waals surface area contributed by atoms with Gasteiger partial charge in [-0.3, -0.25) is 4.79 Å². The average Bonchev–Trinajstić information content (AvgIpc) is 1.92. The van der Waals surface area contributed by atoms with Gasteiger partial charge in [-0.15, -0.1) is 0 Å². The fourth-order valence-corrected chi connectivity index (χ4v) is 1.20. The molecule has 0 aliphatic carbocycles. The molecule has 0 aromatic rings. The molecule has 3 heteroatoms. The number of nitrogens with zero attached hydrogens (tertiary/aromatic N) is 2. The number of hydrogen-bond acceptors (Lipinski definition) is 2. The number of hydrogen-bond donors (Lipinski definition) is 0. The van der Waals surface area contributed by atoms with E-state index in [9.17, 15) is 4.79 Å². The molecular formula is C9H16N2O. The van der Waals surface area contributed by atoms with E-state index >= 15 is 0 Å². The van der Waals surface area contributed by atoms with Gasteiger partial charge in [0.05, 0.1) is 0 Å². The van der Waals surface area contributed by atoms with E-state index in [0.717, 1.165) is 12.1 Å². The van der Waals surface area contributed by atoms with Gasteiger partial charge in [0.1, 0.15) is 0 Å². The van der Waals surface area contributed by atoms with Crippen LogP contribution in [-0.4, -0.2) is 23.7 Å². The molecule has 1 rings (SSSR count). The maximum atomic E-state index is 11.1. The molecule has 68 valence electrons. The van der Waals surface area contributed by atoms with E-state index in [1.165, 1.54) is 5.01 Å². The van der Waals surface area contributed by atoms with E-state index in [0.29, 0.717) is 6.42 Å². The Morgan fingerprint density at radius 3 is 2.33 bits per heavy atom. The maximum Gasteiger partial charge on any atom is 0.242 e. The monoisotopic (exact) mass is 168 g/mol. The second kappa shape index (κ2) is 2.88. The topological polar surface area (TPSA) is 32.7 Å². The van der Waals surface area contributed by atoms with E-state index in [1.807, 2.05) is 0 Å². The van der Waals surface area contributed by atoms with E-state index in [2.05, 4.69) is 25.9 Å². The second-order valence-corrected chi connectivity index (χ2v) is 4.21. The maximum absolute atomic E-state index is 11.1. The third-order valence-corrected chi connectivity index (χ3v) is 2.07. The van der Waals surface area contributed by atoms with E-state index in [-0.39, 0.29) is 11.3 Å². The highest BCUT2D eigenvalue weighted by molar-refractivity contribution is 5.95. The first-order valence-electron chi connectivity index (χ1n) is 4.26. The van der Waals surface area contributed by atoms with Gasteiger partial charge >= 0.3 is 0 Å². The van der Waals surface area contributed by atoms with Crippen LogP contribution in [0.15, 0.2) is 5.10 Å². The van der Waals surface area contributed by atoms with Crippen molar-refractivity contribution in [2.45, 2.75) is 33.6 Å². The summed E-state index contributed by atoms with van der Waals surface area (Å²) < 4.78 is 0. The Labute approximate surface area is 73.4 Å². The quantitative estimate of drug-likeness (QED) is 0.541. The van der Waals surface area contributed by atoms with Gasteiger partial charge in [0.15, 0.2) is 0 Å². The number of amides is 1. The molecule has 0 saturated carbocycles. The van der Waals surface area contributed by atoms with Crippen LogP contribution in [0.1, 0.15) is 33.6 Å². The van der Waals surface area contributed by atoms with Crippen molar-refractivity contribution in [1.82, 2.24) is 5.01 Å². The van der Waals surface area contributed by atoms with Crippen LogP contribution in [-0.2, 0) is 4.79 Å². The SMILES string of the molecule is CN1N=C(C(C)(C)C)CCC1=O. The summed E-state index contributed by atoms with van der Waals surface area (Å²) in [4.78, 5) is 11.1. The molecule has 1 aliphatic rings. The highest BCUT2D eigenvalue weighted by atomic mass is 16.2. The first-order valence-corrected chi connectivity index (χ1v) is 4.26. The van der Waals surface area contributed by atoms with Gasteiger partial charge in [-0.05, 0) is 6.42 Å². The molecule has 0 aromatic carbocycles. The molecule has 1 amide bonds. The summed E-state index contributed by atoms with van der Waals surface area (Å²) in [7, 11) is 1.72. The van der Waals surface area contributed by atoms with Crippen LogP contribution >= 0.6 is 0 Å². The summed E-state index contributed by atoms with van der Waals surface area (Å²) in [5, 5.41) is 5.68. The van der Waals surface area contributed by atoms with E-state index in [1.54, 1.807) is 7.05 Å². The van der Waals surface area contributed by atoms with Gasteiger partial charge in [0.2, 0.25) is 5.91 Å². The van der Waals surface area contributed by atoms with Crippen LogP contribution in [0.4, 0.5) is 0 Å². The summed E-state index contributed by atoms with van der Waals surface area (Å²) >= 11 is 0. The second-order valence-electron chi connectivity index (χ2n) is 4.21. The van der Waals surface area contributed by atoms with Gasteiger partial charge in [0.25, 0.3) is 0 Å². The molecule has 1 aliphatic heterocycles. The largest absolute Gasteiger partial charge is 0.273 e.